The van der Waals surface area contributed by atoms with Gasteiger partial charge in [0, 0.05) is 5.92 Å². The molecule has 0 aromatic rings. The minimum atomic E-state index is -0.575. The molecule has 0 N–H and O–H groups in total. The number of nitrogens with zero attached hydrogens (tertiary/aromatic N) is 1. The summed E-state index contributed by atoms with van der Waals surface area (Å²) in [6, 6.07) is 2.13. The molecule has 0 aromatic heterocycles. The Hall–Kier alpha value is -1.57. The Bertz CT molecular complexity index is 400. The standard InChI is InChI=1S/C13H17NO4/c1-3-7(2)13(16)18-11-8-4-9(6-14)12(11)17-10(15)5-8/h7-9,11-12H,3-5H2,1-2H3. The lowest BCUT2D eigenvalue weighted by atomic mass is 9.99. The molecule has 98 valence electrons. The van der Waals surface area contributed by atoms with Gasteiger partial charge in [-0.15, -0.1) is 0 Å². The first-order chi connectivity index (χ1) is 8.56. The average Bonchev–Trinajstić information content (AvgIpc) is 2.56. The smallest absolute Gasteiger partial charge is 0.309 e. The van der Waals surface area contributed by atoms with Crippen LogP contribution in [0.15, 0.2) is 0 Å². The third-order valence-corrected chi connectivity index (χ3v) is 3.87. The molecule has 5 unspecified atom stereocenters. The number of esters is 2. The van der Waals surface area contributed by atoms with E-state index in [2.05, 4.69) is 6.07 Å². The quantitative estimate of drug-likeness (QED) is 0.709. The summed E-state index contributed by atoms with van der Waals surface area (Å²) in [4.78, 5) is 23.1. The van der Waals surface area contributed by atoms with Gasteiger partial charge in [-0.2, -0.15) is 5.26 Å². The monoisotopic (exact) mass is 251 g/mol. The number of nitriles is 1. The first kappa shape index (κ1) is 12.9. The van der Waals surface area contributed by atoms with Crippen molar-refractivity contribution in [3.05, 3.63) is 0 Å². The number of hydrogen-bond donors (Lipinski definition) is 0. The summed E-state index contributed by atoms with van der Waals surface area (Å²) in [6.07, 6.45) is 0.518. The molecule has 0 radical (unpaired) electrons. The van der Waals surface area contributed by atoms with Gasteiger partial charge in [0.05, 0.1) is 24.3 Å². The van der Waals surface area contributed by atoms with Crippen LogP contribution in [0.3, 0.4) is 0 Å². The molecule has 18 heavy (non-hydrogen) atoms. The summed E-state index contributed by atoms with van der Waals surface area (Å²) in [5.41, 5.74) is 0. The van der Waals surface area contributed by atoms with Gasteiger partial charge in [0.1, 0.15) is 6.10 Å². The van der Waals surface area contributed by atoms with E-state index in [1.165, 1.54) is 0 Å². The van der Waals surface area contributed by atoms with Crippen LogP contribution in [0.1, 0.15) is 33.1 Å². The van der Waals surface area contributed by atoms with Crippen LogP contribution >= 0.6 is 0 Å². The van der Waals surface area contributed by atoms with Gasteiger partial charge in [0.2, 0.25) is 0 Å². The van der Waals surface area contributed by atoms with Gasteiger partial charge >= 0.3 is 11.9 Å². The fourth-order valence-electron chi connectivity index (χ4n) is 2.56. The molecule has 2 rings (SSSR count). The highest BCUT2D eigenvalue weighted by Gasteiger charge is 2.52. The van der Waals surface area contributed by atoms with E-state index in [4.69, 9.17) is 14.7 Å². The van der Waals surface area contributed by atoms with E-state index in [1.54, 1.807) is 6.92 Å². The van der Waals surface area contributed by atoms with Gasteiger partial charge < -0.3 is 9.47 Å². The molecule has 2 aliphatic rings. The second-order valence-corrected chi connectivity index (χ2v) is 5.10. The highest BCUT2D eigenvalue weighted by molar-refractivity contribution is 5.74. The molecule has 5 heteroatoms. The molecule has 5 nitrogen and oxygen atoms in total. The third-order valence-electron chi connectivity index (χ3n) is 3.87. The van der Waals surface area contributed by atoms with Crippen LogP contribution in [-0.4, -0.2) is 24.1 Å². The Labute approximate surface area is 106 Å². The molecule has 1 aliphatic heterocycles. The topological polar surface area (TPSA) is 76.4 Å². The van der Waals surface area contributed by atoms with Gasteiger partial charge in [-0.05, 0) is 12.8 Å². The number of rotatable bonds is 3. The molecule has 0 aromatic carbocycles. The van der Waals surface area contributed by atoms with Crippen LogP contribution in [0, 0.1) is 29.1 Å². The molecular weight excluding hydrogens is 234 g/mol. The van der Waals surface area contributed by atoms with Gasteiger partial charge in [-0.1, -0.05) is 13.8 Å². The fourth-order valence-corrected chi connectivity index (χ4v) is 2.56. The summed E-state index contributed by atoms with van der Waals surface area (Å²) >= 11 is 0. The second-order valence-electron chi connectivity index (χ2n) is 5.10. The molecule has 5 atom stereocenters. The summed E-state index contributed by atoms with van der Waals surface area (Å²) in [5, 5.41) is 9.02. The fraction of sp³-hybridized carbons (Fsp3) is 0.769. The maximum Gasteiger partial charge on any atom is 0.309 e. The highest BCUT2D eigenvalue weighted by Crippen LogP contribution is 2.41. The van der Waals surface area contributed by atoms with E-state index in [9.17, 15) is 9.59 Å². The zero-order valence-corrected chi connectivity index (χ0v) is 10.6. The van der Waals surface area contributed by atoms with Crippen molar-refractivity contribution in [1.29, 1.82) is 5.26 Å². The van der Waals surface area contributed by atoms with E-state index in [-0.39, 0.29) is 36.1 Å². The first-order valence-electron chi connectivity index (χ1n) is 6.36. The van der Waals surface area contributed by atoms with Crippen molar-refractivity contribution in [2.75, 3.05) is 0 Å². The van der Waals surface area contributed by atoms with E-state index in [0.717, 1.165) is 0 Å². The Morgan fingerprint density at radius 2 is 2.39 bits per heavy atom. The third kappa shape index (κ3) is 2.20. The number of fused-ring (bicyclic) bond motifs is 2. The van der Waals surface area contributed by atoms with Gasteiger partial charge in [-0.25, -0.2) is 0 Å². The number of ether oxygens (including phenoxy) is 2. The van der Waals surface area contributed by atoms with E-state index in [1.807, 2.05) is 6.92 Å². The Morgan fingerprint density at radius 1 is 1.67 bits per heavy atom. The van der Waals surface area contributed by atoms with Gasteiger partial charge in [0.15, 0.2) is 6.10 Å². The molecule has 2 bridgehead atoms. The summed E-state index contributed by atoms with van der Waals surface area (Å²) in [6.45, 7) is 3.72. The minimum absolute atomic E-state index is 0.0612. The van der Waals surface area contributed by atoms with Crippen molar-refractivity contribution in [3.8, 4) is 6.07 Å². The van der Waals surface area contributed by atoms with Gasteiger partial charge in [0.25, 0.3) is 0 Å². The molecule has 1 saturated heterocycles. The van der Waals surface area contributed by atoms with Crippen molar-refractivity contribution >= 4 is 11.9 Å². The van der Waals surface area contributed by atoms with Crippen LogP contribution < -0.4 is 0 Å². The zero-order valence-electron chi connectivity index (χ0n) is 10.6. The van der Waals surface area contributed by atoms with Crippen molar-refractivity contribution in [3.63, 3.8) is 0 Å². The SMILES string of the molecule is CCC(C)C(=O)OC1C2CC(=O)OC1C(C#N)C2. The highest BCUT2D eigenvalue weighted by atomic mass is 16.6. The van der Waals surface area contributed by atoms with Crippen LogP contribution in [0.5, 0.6) is 0 Å². The van der Waals surface area contributed by atoms with E-state index < -0.39 is 12.2 Å². The van der Waals surface area contributed by atoms with E-state index in [0.29, 0.717) is 12.8 Å². The number of carbonyl (C=O) groups is 2. The van der Waals surface area contributed by atoms with Crippen molar-refractivity contribution < 1.29 is 19.1 Å². The number of carbonyl (C=O) groups excluding carboxylic acids is 2. The molecular formula is C13H17NO4. The molecule has 2 fully saturated rings. The molecule has 1 heterocycles. The van der Waals surface area contributed by atoms with Crippen LogP contribution in [0.4, 0.5) is 0 Å². The van der Waals surface area contributed by atoms with Crippen molar-refractivity contribution in [2.24, 2.45) is 17.8 Å². The lowest BCUT2D eigenvalue weighted by molar-refractivity contribution is -0.180. The molecule has 0 spiro atoms. The Kier molecular flexibility index (Phi) is 3.55. The van der Waals surface area contributed by atoms with Crippen LogP contribution in [-0.2, 0) is 19.1 Å². The Balaban J connectivity index is 2.08. The lowest BCUT2D eigenvalue weighted by Gasteiger charge is -2.30. The van der Waals surface area contributed by atoms with Crippen LogP contribution in [0.2, 0.25) is 0 Å². The summed E-state index contributed by atoms with van der Waals surface area (Å²) < 4.78 is 10.6. The Morgan fingerprint density at radius 3 is 3.00 bits per heavy atom. The maximum absolute atomic E-state index is 11.8. The van der Waals surface area contributed by atoms with Gasteiger partial charge in [-0.3, -0.25) is 9.59 Å². The molecule has 1 saturated carbocycles. The first-order valence-corrected chi connectivity index (χ1v) is 6.36. The maximum atomic E-state index is 11.8. The van der Waals surface area contributed by atoms with E-state index >= 15 is 0 Å². The summed E-state index contributed by atoms with van der Waals surface area (Å²) in [7, 11) is 0. The summed E-state index contributed by atoms with van der Waals surface area (Å²) in [5.74, 6) is -1.14. The van der Waals surface area contributed by atoms with Crippen molar-refractivity contribution in [1.82, 2.24) is 0 Å². The number of hydrogen-bond acceptors (Lipinski definition) is 5. The zero-order chi connectivity index (χ0) is 13.3. The average molecular weight is 251 g/mol. The second kappa shape index (κ2) is 4.97. The van der Waals surface area contributed by atoms with Crippen molar-refractivity contribution in [2.45, 2.75) is 45.3 Å². The molecule has 1 aliphatic carbocycles. The lowest BCUT2D eigenvalue weighted by Crippen LogP contribution is -2.42. The normalized spacial score (nSPS) is 35.5. The largest absolute Gasteiger partial charge is 0.458 e. The molecule has 0 amide bonds. The predicted molar refractivity (Wildman–Crippen MR) is 61.0 cm³/mol. The minimum Gasteiger partial charge on any atom is -0.458 e. The predicted octanol–water partition coefficient (Wildman–Crippen LogP) is 1.42. The van der Waals surface area contributed by atoms with Crippen LogP contribution in [0.25, 0.3) is 0 Å².